The molecule has 0 unspecified atom stereocenters. The number of hydrogen-bond donors (Lipinski definition) is 0. The maximum absolute atomic E-state index is 10.8. The number of nitrogens with zero attached hydrogens (tertiary/aromatic N) is 1. The number of benzene rings is 1. The van der Waals surface area contributed by atoms with E-state index in [1.165, 1.54) is 12.1 Å². The van der Waals surface area contributed by atoms with Crippen molar-refractivity contribution in [2.24, 2.45) is 0 Å². The quantitative estimate of drug-likeness (QED) is 0.346. The smallest absolute Gasteiger partial charge is 0.269 e. The van der Waals surface area contributed by atoms with Crippen LogP contribution in [-0.4, -0.2) is 19.5 Å². The van der Waals surface area contributed by atoms with Crippen molar-refractivity contribution in [2.75, 3.05) is 0 Å². The van der Waals surface area contributed by atoms with E-state index in [9.17, 15) is 14.9 Å². The Bertz CT molecular complexity index is 535. The molecular formula is C15H23NO4Si. The molecule has 0 saturated carbocycles. The Morgan fingerprint density at radius 1 is 1.29 bits per heavy atom. The fourth-order valence-corrected chi connectivity index (χ4v) is 2.57. The highest BCUT2D eigenvalue weighted by molar-refractivity contribution is 6.74. The molecule has 0 spiro atoms. The van der Waals surface area contributed by atoms with E-state index in [4.69, 9.17) is 4.43 Å². The monoisotopic (exact) mass is 309 g/mol. The first-order valence-corrected chi connectivity index (χ1v) is 9.83. The Morgan fingerprint density at radius 3 is 2.38 bits per heavy atom. The van der Waals surface area contributed by atoms with Crippen molar-refractivity contribution in [3.8, 4) is 0 Å². The van der Waals surface area contributed by atoms with Crippen LogP contribution in [0.2, 0.25) is 18.1 Å². The van der Waals surface area contributed by atoms with Gasteiger partial charge in [0.1, 0.15) is 6.29 Å². The summed E-state index contributed by atoms with van der Waals surface area (Å²) in [6.07, 6.45) is 0.923. The normalized spacial score (nSPS) is 12.2. The van der Waals surface area contributed by atoms with Gasteiger partial charge >= 0.3 is 0 Å². The van der Waals surface area contributed by atoms with Crippen molar-refractivity contribution in [1.29, 1.82) is 0 Å². The predicted molar refractivity (Wildman–Crippen MR) is 84.9 cm³/mol. The lowest BCUT2D eigenvalue weighted by Gasteiger charge is -2.36. The summed E-state index contributed by atoms with van der Waals surface area (Å²) in [6, 6.07) is 4.60. The van der Waals surface area contributed by atoms with Crippen LogP contribution in [0.5, 0.6) is 0 Å². The summed E-state index contributed by atoms with van der Waals surface area (Å²) >= 11 is 0. The van der Waals surface area contributed by atoms with Gasteiger partial charge in [0.2, 0.25) is 0 Å². The third kappa shape index (κ3) is 4.47. The van der Waals surface area contributed by atoms with Crippen LogP contribution >= 0.6 is 0 Å². The highest BCUT2D eigenvalue weighted by atomic mass is 28.4. The Labute approximate surface area is 126 Å². The fraction of sp³-hybridized carbons (Fsp3) is 0.533. The molecule has 0 fully saturated rings. The van der Waals surface area contributed by atoms with Gasteiger partial charge in [-0.05, 0) is 35.3 Å². The van der Waals surface area contributed by atoms with Crippen molar-refractivity contribution in [1.82, 2.24) is 0 Å². The van der Waals surface area contributed by atoms with E-state index in [0.29, 0.717) is 12.2 Å². The van der Waals surface area contributed by atoms with Gasteiger partial charge in [0.05, 0.1) is 11.5 Å². The van der Waals surface area contributed by atoms with E-state index in [1.807, 2.05) is 0 Å². The minimum absolute atomic E-state index is 0.00271. The number of aldehydes is 1. The fourth-order valence-electron chi connectivity index (χ4n) is 1.62. The number of nitro benzene ring substituents is 1. The molecular weight excluding hydrogens is 286 g/mol. The number of carbonyl (C=O) groups excluding carboxylic acids is 1. The number of carbonyl (C=O) groups is 1. The van der Waals surface area contributed by atoms with Gasteiger partial charge in [0.15, 0.2) is 8.32 Å². The molecule has 0 heterocycles. The van der Waals surface area contributed by atoms with Gasteiger partial charge in [0, 0.05) is 18.6 Å². The summed E-state index contributed by atoms with van der Waals surface area (Å²) in [7, 11) is -1.89. The Morgan fingerprint density at radius 2 is 1.90 bits per heavy atom. The zero-order chi connectivity index (χ0) is 16.3. The zero-order valence-corrected chi connectivity index (χ0v) is 14.3. The van der Waals surface area contributed by atoms with Crippen LogP contribution in [-0.2, 0) is 22.2 Å². The maximum Gasteiger partial charge on any atom is 0.269 e. The highest BCUT2D eigenvalue weighted by Gasteiger charge is 2.37. The van der Waals surface area contributed by atoms with Crippen LogP contribution < -0.4 is 0 Å². The lowest BCUT2D eigenvalue weighted by atomic mass is 10.0. The van der Waals surface area contributed by atoms with Gasteiger partial charge in [-0.3, -0.25) is 10.1 Å². The Kier molecular flexibility index (Phi) is 5.41. The van der Waals surface area contributed by atoms with E-state index >= 15 is 0 Å². The largest absolute Gasteiger partial charge is 0.413 e. The van der Waals surface area contributed by atoms with Gasteiger partial charge in [-0.1, -0.05) is 20.8 Å². The van der Waals surface area contributed by atoms with Gasteiger partial charge in [-0.15, -0.1) is 0 Å². The Balaban J connectivity index is 2.98. The standard InChI is InChI=1S/C15H23NO4Si/c1-15(2,3)21(4,5)20-11-13-6-7-14(16(18)19)10-12(13)8-9-17/h6-7,9-10H,8,11H2,1-5H3. The van der Waals surface area contributed by atoms with Crippen LogP contribution in [0.1, 0.15) is 31.9 Å². The molecule has 1 aromatic rings. The van der Waals surface area contributed by atoms with Gasteiger partial charge < -0.3 is 9.22 Å². The van der Waals surface area contributed by atoms with E-state index in [-0.39, 0.29) is 17.1 Å². The van der Waals surface area contributed by atoms with Crippen LogP contribution in [0, 0.1) is 10.1 Å². The summed E-state index contributed by atoms with van der Waals surface area (Å²) in [5, 5.41) is 10.9. The minimum Gasteiger partial charge on any atom is -0.413 e. The maximum atomic E-state index is 10.8. The van der Waals surface area contributed by atoms with Crippen molar-refractivity contribution in [3.05, 3.63) is 39.4 Å². The van der Waals surface area contributed by atoms with Crippen molar-refractivity contribution in [2.45, 2.75) is 51.9 Å². The number of non-ortho nitro benzene ring substituents is 1. The lowest BCUT2D eigenvalue weighted by molar-refractivity contribution is -0.384. The molecule has 0 N–H and O–H groups in total. The molecule has 0 saturated heterocycles. The molecule has 0 atom stereocenters. The van der Waals surface area contributed by atoms with Crippen molar-refractivity contribution >= 4 is 20.3 Å². The summed E-state index contributed by atoms with van der Waals surface area (Å²) < 4.78 is 6.12. The second-order valence-electron chi connectivity index (χ2n) is 6.63. The first kappa shape index (κ1) is 17.5. The van der Waals surface area contributed by atoms with E-state index in [1.54, 1.807) is 6.07 Å². The molecule has 21 heavy (non-hydrogen) atoms. The lowest BCUT2D eigenvalue weighted by Crippen LogP contribution is -2.40. The molecule has 1 aromatic carbocycles. The van der Waals surface area contributed by atoms with Gasteiger partial charge in [-0.25, -0.2) is 0 Å². The van der Waals surface area contributed by atoms with Gasteiger partial charge in [0.25, 0.3) is 5.69 Å². The van der Waals surface area contributed by atoms with Gasteiger partial charge in [-0.2, -0.15) is 0 Å². The molecule has 116 valence electrons. The first-order chi connectivity index (χ1) is 9.58. The van der Waals surface area contributed by atoms with Crippen LogP contribution in [0.3, 0.4) is 0 Å². The molecule has 0 bridgehead atoms. The number of nitro groups is 1. The van der Waals surface area contributed by atoms with Crippen LogP contribution in [0.4, 0.5) is 5.69 Å². The topological polar surface area (TPSA) is 69.4 Å². The minimum atomic E-state index is -1.89. The highest BCUT2D eigenvalue weighted by Crippen LogP contribution is 2.37. The molecule has 0 aliphatic rings. The van der Waals surface area contributed by atoms with E-state index in [2.05, 4.69) is 33.9 Å². The van der Waals surface area contributed by atoms with Crippen LogP contribution in [0.15, 0.2) is 18.2 Å². The molecule has 0 amide bonds. The first-order valence-electron chi connectivity index (χ1n) is 6.92. The molecule has 1 rings (SSSR count). The third-order valence-corrected chi connectivity index (χ3v) is 8.58. The average molecular weight is 309 g/mol. The Hall–Kier alpha value is -1.53. The average Bonchev–Trinajstić information content (AvgIpc) is 2.36. The van der Waals surface area contributed by atoms with Crippen LogP contribution in [0.25, 0.3) is 0 Å². The summed E-state index contributed by atoms with van der Waals surface area (Å²) in [5.74, 6) is 0. The number of hydrogen-bond acceptors (Lipinski definition) is 4. The second kappa shape index (κ2) is 6.49. The third-order valence-electron chi connectivity index (χ3n) is 4.10. The van der Waals surface area contributed by atoms with Crippen molar-refractivity contribution in [3.63, 3.8) is 0 Å². The second-order valence-corrected chi connectivity index (χ2v) is 11.4. The summed E-state index contributed by atoms with van der Waals surface area (Å²) in [5.41, 5.74) is 1.51. The van der Waals surface area contributed by atoms with Crippen molar-refractivity contribution < 1.29 is 14.1 Å². The molecule has 0 aliphatic heterocycles. The molecule has 6 heteroatoms. The summed E-state index contributed by atoms with van der Waals surface area (Å²) in [4.78, 5) is 21.1. The molecule has 0 aliphatic carbocycles. The molecule has 0 radical (unpaired) electrons. The van der Waals surface area contributed by atoms with E-state index < -0.39 is 13.2 Å². The number of rotatable bonds is 6. The molecule has 5 nitrogen and oxygen atoms in total. The summed E-state index contributed by atoms with van der Waals surface area (Å²) in [6.45, 7) is 11.2. The van der Waals surface area contributed by atoms with E-state index in [0.717, 1.165) is 11.8 Å². The SMILES string of the molecule is CC(C)(C)[Si](C)(C)OCc1ccc([N+](=O)[O-])cc1CC=O. The predicted octanol–water partition coefficient (Wildman–Crippen LogP) is 3.86. The zero-order valence-electron chi connectivity index (χ0n) is 13.3. The molecule has 0 aromatic heterocycles.